The molecule has 1 aliphatic rings. The van der Waals surface area contributed by atoms with Crippen molar-refractivity contribution in [1.82, 2.24) is 14.7 Å². The molecule has 1 unspecified atom stereocenters. The summed E-state index contributed by atoms with van der Waals surface area (Å²) in [7, 11) is 1.48. The Labute approximate surface area is 204 Å². The Morgan fingerprint density at radius 2 is 2.03 bits per heavy atom. The van der Waals surface area contributed by atoms with Crippen LogP contribution in [0.3, 0.4) is 0 Å². The molecule has 0 aliphatic carbocycles. The summed E-state index contributed by atoms with van der Waals surface area (Å²) in [5.41, 5.74) is 1.32. The monoisotopic (exact) mass is 493 g/mol. The Balaban J connectivity index is 1.67. The van der Waals surface area contributed by atoms with Gasteiger partial charge in [-0.1, -0.05) is 41.0 Å². The summed E-state index contributed by atoms with van der Waals surface area (Å²) < 4.78 is 12.0. The standard InChI is InChI=1S/C24H20ClN5O5/c1-13(22-28-19(21(31)24(33)29(22)2)23(32)27-15-10-26-35-12-15)30-17-8-3-4-9-18(17)34-11-14-6-5-7-16(25)20(14)30/h3-10,12-13,31H,11H2,1-2H3,(H,27,32). The molecule has 0 bridgehead atoms. The number of aromatic nitrogens is 3. The summed E-state index contributed by atoms with van der Waals surface area (Å²) in [6.45, 7) is 2.13. The molecule has 178 valence electrons. The molecule has 0 saturated carbocycles. The van der Waals surface area contributed by atoms with E-state index in [0.717, 1.165) is 5.56 Å². The number of amides is 1. The lowest BCUT2D eigenvalue weighted by Crippen LogP contribution is -2.32. The number of hydrogen-bond acceptors (Lipinski definition) is 8. The third kappa shape index (κ3) is 3.87. The molecule has 11 heteroatoms. The maximum atomic E-state index is 12.9. The van der Waals surface area contributed by atoms with E-state index < -0.39 is 29.0 Å². The molecule has 35 heavy (non-hydrogen) atoms. The van der Waals surface area contributed by atoms with E-state index >= 15 is 0 Å². The number of ether oxygens (including phenoxy) is 1. The van der Waals surface area contributed by atoms with E-state index in [9.17, 15) is 14.7 Å². The van der Waals surface area contributed by atoms with Crippen LogP contribution in [0.25, 0.3) is 0 Å². The number of aromatic hydroxyl groups is 1. The number of carbonyl (C=O) groups is 1. The number of para-hydroxylation sites is 3. The molecular formula is C24H20ClN5O5. The number of nitrogens with one attached hydrogen (secondary N) is 1. The highest BCUT2D eigenvalue weighted by molar-refractivity contribution is 6.33. The van der Waals surface area contributed by atoms with Gasteiger partial charge in [0.1, 0.15) is 30.1 Å². The molecule has 2 aromatic heterocycles. The van der Waals surface area contributed by atoms with Gasteiger partial charge in [0.15, 0.2) is 5.69 Å². The molecule has 0 fully saturated rings. The fourth-order valence-corrected chi connectivity index (χ4v) is 4.40. The molecule has 1 amide bonds. The summed E-state index contributed by atoms with van der Waals surface area (Å²) in [5.74, 6) is -0.697. The first-order valence-electron chi connectivity index (χ1n) is 10.7. The molecule has 2 N–H and O–H groups in total. The molecule has 0 saturated heterocycles. The van der Waals surface area contributed by atoms with Crippen molar-refractivity contribution in [3.05, 3.63) is 87.4 Å². The van der Waals surface area contributed by atoms with E-state index in [1.54, 1.807) is 6.07 Å². The number of hydrogen-bond donors (Lipinski definition) is 2. The lowest BCUT2D eigenvalue weighted by molar-refractivity contribution is 0.101. The largest absolute Gasteiger partial charge is 0.501 e. The number of anilines is 3. The molecule has 3 heterocycles. The van der Waals surface area contributed by atoms with E-state index in [2.05, 4.69) is 15.5 Å². The smallest absolute Gasteiger partial charge is 0.296 e. The average Bonchev–Trinajstić information content (AvgIpc) is 3.29. The molecule has 10 nitrogen and oxygen atoms in total. The molecule has 0 radical (unpaired) electrons. The molecule has 0 spiro atoms. The van der Waals surface area contributed by atoms with Gasteiger partial charge in [0.2, 0.25) is 5.75 Å². The molecule has 2 aromatic carbocycles. The van der Waals surface area contributed by atoms with Gasteiger partial charge >= 0.3 is 0 Å². The van der Waals surface area contributed by atoms with Crippen molar-refractivity contribution in [2.24, 2.45) is 7.05 Å². The molecule has 4 aromatic rings. The van der Waals surface area contributed by atoms with Crippen LogP contribution in [0.5, 0.6) is 11.5 Å². The van der Waals surface area contributed by atoms with Gasteiger partial charge < -0.3 is 24.6 Å². The van der Waals surface area contributed by atoms with Gasteiger partial charge in [-0.15, -0.1) is 0 Å². The summed E-state index contributed by atoms with van der Waals surface area (Å²) in [6.07, 6.45) is 2.50. The van der Waals surface area contributed by atoms with Crippen molar-refractivity contribution < 1.29 is 19.2 Å². The molecular weight excluding hydrogens is 474 g/mol. The second-order valence-electron chi connectivity index (χ2n) is 7.95. The maximum Gasteiger partial charge on any atom is 0.296 e. The number of nitrogens with zero attached hydrogens (tertiary/aromatic N) is 4. The number of fused-ring (bicyclic) bond motifs is 2. The lowest BCUT2D eigenvalue weighted by Gasteiger charge is -2.33. The zero-order valence-corrected chi connectivity index (χ0v) is 19.5. The number of carbonyl (C=O) groups excluding carboxylic acids is 1. The Morgan fingerprint density at radius 1 is 1.23 bits per heavy atom. The van der Waals surface area contributed by atoms with Crippen LogP contribution in [0.4, 0.5) is 17.1 Å². The fourth-order valence-electron chi connectivity index (χ4n) is 4.11. The summed E-state index contributed by atoms with van der Waals surface area (Å²) in [5, 5.41) is 17.0. The first-order chi connectivity index (χ1) is 16.9. The van der Waals surface area contributed by atoms with Crippen LogP contribution in [0.1, 0.15) is 34.8 Å². The van der Waals surface area contributed by atoms with E-state index in [0.29, 0.717) is 28.8 Å². The predicted molar refractivity (Wildman–Crippen MR) is 128 cm³/mol. The minimum absolute atomic E-state index is 0.228. The third-order valence-electron chi connectivity index (χ3n) is 5.79. The highest BCUT2D eigenvalue weighted by atomic mass is 35.5. The van der Waals surface area contributed by atoms with Crippen molar-refractivity contribution in [3.8, 4) is 11.5 Å². The van der Waals surface area contributed by atoms with E-state index in [-0.39, 0.29) is 11.5 Å². The van der Waals surface area contributed by atoms with Crippen molar-refractivity contribution in [3.63, 3.8) is 0 Å². The summed E-state index contributed by atoms with van der Waals surface area (Å²) in [4.78, 5) is 32.1. The van der Waals surface area contributed by atoms with Gasteiger partial charge in [-0.25, -0.2) is 4.98 Å². The molecule has 1 aliphatic heterocycles. The van der Waals surface area contributed by atoms with Crippen molar-refractivity contribution in [1.29, 1.82) is 0 Å². The second-order valence-corrected chi connectivity index (χ2v) is 8.36. The lowest BCUT2D eigenvalue weighted by atomic mass is 10.1. The van der Waals surface area contributed by atoms with Crippen LogP contribution in [0.2, 0.25) is 5.02 Å². The summed E-state index contributed by atoms with van der Waals surface area (Å²) >= 11 is 6.66. The van der Waals surface area contributed by atoms with Crippen molar-refractivity contribution >= 4 is 34.6 Å². The average molecular weight is 494 g/mol. The normalized spacial score (nSPS) is 13.3. The van der Waals surface area contributed by atoms with Crippen LogP contribution in [-0.4, -0.2) is 25.7 Å². The van der Waals surface area contributed by atoms with Crippen LogP contribution < -0.4 is 20.5 Å². The predicted octanol–water partition coefficient (Wildman–Crippen LogP) is 4.17. The van der Waals surface area contributed by atoms with Crippen LogP contribution in [-0.2, 0) is 13.7 Å². The quantitative estimate of drug-likeness (QED) is 0.434. The Morgan fingerprint density at radius 3 is 2.80 bits per heavy atom. The van der Waals surface area contributed by atoms with Gasteiger partial charge in [0.25, 0.3) is 11.5 Å². The minimum atomic E-state index is -0.783. The maximum absolute atomic E-state index is 12.9. The highest BCUT2D eigenvalue weighted by Crippen LogP contribution is 2.46. The van der Waals surface area contributed by atoms with Gasteiger partial charge in [-0.05, 0) is 25.1 Å². The summed E-state index contributed by atoms with van der Waals surface area (Å²) in [6, 6.07) is 12.4. The highest BCUT2D eigenvalue weighted by Gasteiger charge is 2.32. The van der Waals surface area contributed by atoms with Gasteiger partial charge in [0.05, 0.1) is 28.6 Å². The first-order valence-corrected chi connectivity index (χ1v) is 11.0. The van der Waals surface area contributed by atoms with Crippen LogP contribution >= 0.6 is 11.6 Å². The minimum Gasteiger partial charge on any atom is -0.501 e. The van der Waals surface area contributed by atoms with Gasteiger partial charge in [-0.2, -0.15) is 0 Å². The third-order valence-corrected chi connectivity index (χ3v) is 6.09. The zero-order valence-electron chi connectivity index (χ0n) is 18.7. The van der Waals surface area contributed by atoms with E-state index in [1.165, 1.54) is 24.1 Å². The Kier molecular flexibility index (Phi) is 5.65. The Hall–Kier alpha value is -4.31. The Bertz CT molecular complexity index is 1480. The fraction of sp³-hybridized carbons (Fsp3) is 0.167. The number of rotatable bonds is 4. The van der Waals surface area contributed by atoms with Gasteiger partial charge in [-0.3, -0.25) is 14.2 Å². The van der Waals surface area contributed by atoms with Crippen LogP contribution in [0, 0.1) is 0 Å². The topological polar surface area (TPSA) is 123 Å². The SMILES string of the molecule is CC(c1nc(C(=O)Nc2cnoc2)c(O)c(=O)n1C)N1c2ccccc2OCc2cccc(Cl)c21. The number of halogens is 1. The van der Waals surface area contributed by atoms with Gasteiger partial charge in [0, 0.05) is 12.6 Å². The second kappa shape index (κ2) is 8.80. The molecule has 5 rings (SSSR count). The number of benzene rings is 2. The van der Waals surface area contributed by atoms with Crippen LogP contribution in [0.15, 0.2) is 64.2 Å². The van der Waals surface area contributed by atoms with E-state index in [4.69, 9.17) is 20.9 Å². The zero-order chi connectivity index (χ0) is 24.7. The van der Waals surface area contributed by atoms with Crippen molar-refractivity contribution in [2.45, 2.75) is 19.6 Å². The first kappa shape index (κ1) is 22.5. The molecule has 1 atom stereocenters. The van der Waals surface area contributed by atoms with E-state index in [1.807, 2.05) is 48.2 Å². The van der Waals surface area contributed by atoms with Crippen molar-refractivity contribution in [2.75, 3.05) is 10.2 Å².